The summed E-state index contributed by atoms with van der Waals surface area (Å²) >= 11 is 9.36. The van der Waals surface area contributed by atoms with E-state index in [0.29, 0.717) is 32.1 Å². The van der Waals surface area contributed by atoms with Gasteiger partial charge in [-0.15, -0.1) is 0 Å². The minimum absolute atomic E-state index is 0.156. The number of carbonyl (C=O) groups is 2. The molecule has 0 spiro atoms. The van der Waals surface area contributed by atoms with Crippen LogP contribution in [0.1, 0.15) is 29.8 Å². The van der Waals surface area contributed by atoms with E-state index in [0.717, 1.165) is 0 Å². The number of nitrogens with one attached hydrogen (secondary N) is 2. The monoisotopic (exact) mass is 495 g/mol. The molecule has 0 saturated carbocycles. The lowest BCUT2D eigenvalue weighted by Crippen LogP contribution is -2.48. The Hall–Kier alpha value is -2.58. The SMILES string of the molecule is COc1cc(Br)c(/C=N\NC(=O)C(NC(=O)c2cccc(Cl)c2)C(C)C)cc1OC. The van der Waals surface area contributed by atoms with Crippen molar-refractivity contribution in [2.45, 2.75) is 19.9 Å². The molecule has 2 N–H and O–H groups in total. The molecule has 1 unspecified atom stereocenters. The van der Waals surface area contributed by atoms with Crippen LogP contribution in [-0.2, 0) is 4.79 Å². The molecule has 0 bridgehead atoms. The second kappa shape index (κ2) is 11.0. The van der Waals surface area contributed by atoms with E-state index in [-0.39, 0.29) is 5.92 Å². The molecule has 7 nitrogen and oxygen atoms in total. The van der Waals surface area contributed by atoms with Crippen molar-refractivity contribution in [2.75, 3.05) is 14.2 Å². The average Bonchev–Trinajstić information content (AvgIpc) is 2.72. The second-order valence-corrected chi connectivity index (χ2v) is 7.96. The highest BCUT2D eigenvalue weighted by Gasteiger charge is 2.24. The maximum atomic E-state index is 12.6. The van der Waals surface area contributed by atoms with Crippen molar-refractivity contribution >= 4 is 45.6 Å². The van der Waals surface area contributed by atoms with Gasteiger partial charge in [0.1, 0.15) is 6.04 Å². The van der Waals surface area contributed by atoms with E-state index < -0.39 is 17.9 Å². The van der Waals surface area contributed by atoms with Gasteiger partial charge in [-0.25, -0.2) is 5.43 Å². The maximum absolute atomic E-state index is 12.6. The number of amides is 2. The third-order valence-electron chi connectivity index (χ3n) is 4.20. The molecule has 0 fully saturated rings. The van der Waals surface area contributed by atoms with Gasteiger partial charge in [0.05, 0.1) is 20.4 Å². The maximum Gasteiger partial charge on any atom is 0.262 e. The normalized spacial score (nSPS) is 12.0. The van der Waals surface area contributed by atoms with Crippen LogP contribution < -0.4 is 20.2 Å². The minimum Gasteiger partial charge on any atom is -0.493 e. The second-order valence-electron chi connectivity index (χ2n) is 6.67. The lowest BCUT2D eigenvalue weighted by Gasteiger charge is -2.20. The number of halogens is 2. The van der Waals surface area contributed by atoms with E-state index in [9.17, 15) is 9.59 Å². The van der Waals surface area contributed by atoms with Crippen molar-refractivity contribution < 1.29 is 19.1 Å². The Balaban J connectivity index is 2.09. The first kappa shape index (κ1) is 23.7. The van der Waals surface area contributed by atoms with E-state index in [1.165, 1.54) is 13.3 Å². The minimum atomic E-state index is -0.775. The first-order chi connectivity index (χ1) is 14.3. The molecule has 0 aliphatic carbocycles. The van der Waals surface area contributed by atoms with Crippen LogP contribution in [0.25, 0.3) is 0 Å². The van der Waals surface area contributed by atoms with Gasteiger partial charge in [0.2, 0.25) is 0 Å². The van der Waals surface area contributed by atoms with Gasteiger partial charge >= 0.3 is 0 Å². The van der Waals surface area contributed by atoms with Crippen LogP contribution in [0.5, 0.6) is 11.5 Å². The fourth-order valence-corrected chi connectivity index (χ4v) is 3.21. The first-order valence-electron chi connectivity index (χ1n) is 9.07. The topological polar surface area (TPSA) is 89.0 Å². The number of hydrazone groups is 1. The summed E-state index contributed by atoms with van der Waals surface area (Å²) in [7, 11) is 3.08. The number of hydrogen-bond donors (Lipinski definition) is 2. The summed E-state index contributed by atoms with van der Waals surface area (Å²) in [6.45, 7) is 3.66. The fraction of sp³-hybridized carbons (Fsp3) is 0.286. The molecule has 2 rings (SSSR count). The number of hydrogen-bond acceptors (Lipinski definition) is 5. The Morgan fingerprint density at radius 3 is 2.40 bits per heavy atom. The van der Waals surface area contributed by atoms with E-state index >= 15 is 0 Å². The van der Waals surface area contributed by atoms with Gasteiger partial charge in [0.15, 0.2) is 11.5 Å². The van der Waals surface area contributed by atoms with Gasteiger partial charge in [-0.2, -0.15) is 5.10 Å². The van der Waals surface area contributed by atoms with Gasteiger partial charge < -0.3 is 14.8 Å². The van der Waals surface area contributed by atoms with Crippen LogP contribution in [0.4, 0.5) is 0 Å². The number of nitrogens with zero attached hydrogens (tertiary/aromatic N) is 1. The summed E-state index contributed by atoms with van der Waals surface area (Å²) in [5.41, 5.74) is 3.52. The Kier molecular flexibility index (Phi) is 8.68. The number of benzene rings is 2. The van der Waals surface area contributed by atoms with Gasteiger partial charge in [-0.3, -0.25) is 9.59 Å². The summed E-state index contributed by atoms with van der Waals surface area (Å²) in [6.07, 6.45) is 1.47. The van der Waals surface area contributed by atoms with Crippen LogP contribution in [0, 0.1) is 5.92 Å². The Morgan fingerprint density at radius 2 is 1.80 bits per heavy atom. The standard InChI is InChI=1S/C21H23BrClN3O4/c1-12(2)19(25-20(27)13-6-5-7-15(23)8-13)21(28)26-24-11-14-9-17(29-3)18(30-4)10-16(14)22/h5-12,19H,1-4H3,(H,25,27)(H,26,28)/b24-11-. The molecule has 0 aliphatic rings. The number of methoxy groups -OCH3 is 2. The molecule has 0 heterocycles. The lowest BCUT2D eigenvalue weighted by atomic mass is 10.0. The highest BCUT2D eigenvalue weighted by molar-refractivity contribution is 9.10. The molecule has 0 aromatic heterocycles. The molecule has 160 valence electrons. The third-order valence-corrected chi connectivity index (χ3v) is 5.13. The molecule has 2 amide bonds. The zero-order valence-electron chi connectivity index (χ0n) is 17.0. The van der Waals surface area contributed by atoms with Gasteiger partial charge in [-0.1, -0.05) is 31.5 Å². The Bertz CT molecular complexity index is 950. The van der Waals surface area contributed by atoms with Crippen molar-refractivity contribution in [3.63, 3.8) is 0 Å². The van der Waals surface area contributed by atoms with Crippen molar-refractivity contribution in [3.8, 4) is 11.5 Å². The molecule has 30 heavy (non-hydrogen) atoms. The zero-order chi connectivity index (χ0) is 22.3. The number of carbonyl (C=O) groups excluding carboxylic acids is 2. The highest BCUT2D eigenvalue weighted by Crippen LogP contribution is 2.32. The lowest BCUT2D eigenvalue weighted by molar-refractivity contribution is -0.123. The summed E-state index contributed by atoms with van der Waals surface area (Å²) in [6, 6.07) is 9.20. The predicted octanol–water partition coefficient (Wildman–Crippen LogP) is 4.02. The van der Waals surface area contributed by atoms with E-state index in [4.69, 9.17) is 21.1 Å². The van der Waals surface area contributed by atoms with Crippen LogP contribution in [0.3, 0.4) is 0 Å². The smallest absolute Gasteiger partial charge is 0.262 e. The van der Waals surface area contributed by atoms with Crippen molar-refractivity contribution in [2.24, 2.45) is 11.0 Å². The number of ether oxygens (including phenoxy) is 2. The molecule has 2 aromatic carbocycles. The number of rotatable bonds is 8. The molecule has 1 atom stereocenters. The summed E-state index contributed by atoms with van der Waals surface area (Å²) in [5, 5.41) is 7.17. The van der Waals surface area contributed by atoms with Crippen molar-refractivity contribution in [3.05, 3.63) is 57.0 Å². The Morgan fingerprint density at radius 1 is 1.13 bits per heavy atom. The average molecular weight is 497 g/mol. The van der Waals surface area contributed by atoms with Crippen LogP contribution in [-0.4, -0.2) is 38.3 Å². The molecule has 0 aliphatic heterocycles. The summed E-state index contributed by atoms with van der Waals surface area (Å²) in [4.78, 5) is 25.1. The quantitative estimate of drug-likeness (QED) is 0.427. The van der Waals surface area contributed by atoms with Crippen LogP contribution in [0.2, 0.25) is 5.02 Å². The van der Waals surface area contributed by atoms with Gasteiger partial charge in [-0.05, 0) is 52.2 Å². The zero-order valence-corrected chi connectivity index (χ0v) is 19.4. The van der Waals surface area contributed by atoms with E-state index in [1.807, 2.05) is 13.8 Å². The highest BCUT2D eigenvalue weighted by atomic mass is 79.9. The fourth-order valence-electron chi connectivity index (χ4n) is 2.59. The Labute approximate surface area is 188 Å². The van der Waals surface area contributed by atoms with E-state index in [2.05, 4.69) is 31.8 Å². The largest absolute Gasteiger partial charge is 0.493 e. The van der Waals surface area contributed by atoms with Crippen LogP contribution >= 0.6 is 27.5 Å². The molecular formula is C21H23BrClN3O4. The van der Waals surface area contributed by atoms with Crippen molar-refractivity contribution in [1.82, 2.24) is 10.7 Å². The summed E-state index contributed by atoms with van der Waals surface area (Å²) < 4.78 is 11.2. The molecule has 0 saturated heterocycles. The first-order valence-corrected chi connectivity index (χ1v) is 10.2. The molecule has 0 radical (unpaired) electrons. The summed E-state index contributed by atoms with van der Waals surface area (Å²) in [5.74, 6) is 0.110. The van der Waals surface area contributed by atoms with Gasteiger partial charge in [0, 0.05) is 20.6 Å². The predicted molar refractivity (Wildman–Crippen MR) is 121 cm³/mol. The molecular weight excluding hydrogens is 474 g/mol. The molecule has 9 heteroatoms. The van der Waals surface area contributed by atoms with Crippen molar-refractivity contribution in [1.29, 1.82) is 0 Å². The van der Waals surface area contributed by atoms with E-state index in [1.54, 1.807) is 43.5 Å². The van der Waals surface area contributed by atoms with Crippen LogP contribution in [0.15, 0.2) is 46.0 Å². The third kappa shape index (κ3) is 6.21. The van der Waals surface area contributed by atoms with Gasteiger partial charge in [0.25, 0.3) is 11.8 Å². The molecule has 2 aromatic rings.